The Balaban J connectivity index is 1.46. The number of piperazine rings is 1. The van der Waals surface area contributed by atoms with Gasteiger partial charge in [0, 0.05) is 55.9 Å². The molecule has 0 radical (unpaired) electrons. The predicted molar refractivity (Wildman–Crippen MR) is 114 cm³/mol. The number of ether oxygens (including phenoxy) is 2. The summed E-state index contributed by atoms with van der Waals surface area (Å²) in [6.07, 6.45) is 1.88. The summed E-state index contributed by atoms with van der Waals surface area (Å²) >= 11 is 0. The Morgan fingerprint density at radius 2 is 1.47 bits per heavy atom. The van der Waals surface area contributed by atoms with Crippen molar-refractivity contribution in [3.63, 3.8) is 0 Å². The van der Waals surface area contributed by atoms with Crippen molar-refractivity contribution < 1.29 is 19.1 Å². The second kappa shape index (κ2) is 8.10. The number of benzene rings is 2. The Labute approximate surface area is 175 Å². The standard InChI is InChI=1S/C23H25N3O4/c1-24-15-18(17-6-4-5-7-19(17)24)23(28)26-12-10-25(11-13-26)22(27)16-8-9-20(29-2)21(14-16)30-3/h4-9,14-15H,10-13H2,1-3H3. The minimum Gasteiger partial charge on any atom is -0.493 e. The number of fused-ring (bicyclic) bond motifs is 1. The molecule has 2 aromatic carbocycles. The molecule has 30 heavy (non-hydrogen) atoms. The van der Waals surface area contributed by atoms with Gasteiger partial charge in [-0.15, -0.1) is 0 Å². The number of hydrogen-bond donors (Lipinski definition) is 0. The Kier molecular flexibility index (Phi) is 5.35. The predicted octanol–water partition coefficient (Wildman–Crippen LogP) is 2.79. The summed E-state index contributed by atoms with van der Waals surface area (Å²) in [5, 5.41) is 0.953. The van der Waals surface area contributed by atoms with Gasteiger partial charge in [0.05, 0.1) is 19.8 Å². The van der Waals surface area contributed by atoms with Crippen LogP contribution in [-0.4, -0.2) is 66.6 Å². The lowest BCUT2D eigenvalue weighted by molar-refractivity contribution is 0.0536. The van der Waals surface area contributed by atoms with Crippen molar-refractivity contribution >= 4 is 22.7 Å². The minimum atomic E-state index is -0.0757. The number of hydrogen-bond acceptors (Lipinski definition) is 4. The summed E-state index contributed by atoms with van der Waals surface area (Å²) in [4.78, 5) is 29.6. The molecule has 1 aromatic heterocycles. The lowest BCUT2D eigenvalue weighted by Gasteiger charge is -2.34. The summed E-state index contributed by atoms with van der Waals surface area (Å²) in [6, 6.07) is 13.0. The number of rotatable bonds is 4. The van der Waals surface area contributed by atoms with Gasteiger partial charge in [0.1, 0.15) is 0 Å². The average Bonchev–Trinajstić information content (AvgIpc) is 3.14. The quantitative estimate of drug-likeness (QED) is 0.667. The van der Waals surface area contributed by atoms with Gasteiger partial charge in [-0.1, -0.05) is 18.2 Å². The van der Waals surface area contributed by atoms with Gasteiger partial charge in [-0.05, 0) is 24.3 Å². The van der Waals surface area contributed by atoms with Gasteiger partial charge >= 0.3 is 0 Å². The number of amides is 2. The molecule has 156 valence electrons. The molecule has 7 heteroatoms. The molecule has 3 aromatic rings. The highest BCUT2D eigenvalue weighted by molar-refractivity contribution is 6.07. The van der Waals surface area contributed by atoms with E-state index in [0.717, 1.165) is 10.9 Å². The maximum Gasteiger partial charge on any atom is 0.256 e. The molecule has 0 atom stereocenters. The van der Waals surface area contributed by atoms with Crippen LogP contribution in [0.25, 0.3) is 10.9 Å². The molecule has 0 saturated carbocycles. The van der Waals surface area contributed by atoms with Crippen LogP contribution in [0.2, 0.25) is 0 Å². The molecular weight excluding hydrogens is 382 g/mol. The minimum absolute atomic E-state index is 0.00464. The number of para-hydroxylation sites is 1. The van der Waals surface area contributed by atoms with Gasteiger partial charge in [-0.2, -0.15) is 0 Å². The van der Waals surface area contributed by atoms with Gasteiger partial charge in [-0.3, -0.25) is 9.59 Å². The lowest BCUT2D eigenvalue weighted by atomic mass is 10.1. The molecule has 0 bridgehead atoms. The van der Waals surface area contributed by atoms with Crippen LogP contribution in [0.15, 0.2) is 48.7 Å². The summed E-state index contributed by atoms with van der Waals surface area (Å²) < 4.78 is 12.5. The van der Waals surface area contributed by atoms with Crippen molar-refractivity contribution in [2.75, 3.05) is 40.4 Å². The van der Waals surface area contributed by atoms with E-state index >= 15 is 0 Å². The second-order valence-electron chi connectivity index (χ2n) is 7.32. The van der Waals surface area contributed by atoms with Gasteiger partial charge < -0.3 is 23.8 Å². The fourth-order valence-corrected chi connectivity index (χ4v) is 3.95. The van der Waals surface area contributed by atoms with Crippen LogP contribution in [0, 0.1) is 0 Å². The maximum absolute atomic E-state index is 13.1. The summed E-state index contributed by atoms with van der Waals surface area (Å²) in [7, 11) is 5.05. The van der Waals surface area contributed by atoms with Crippen molar-refractivity contribution in [1.29, 1.82) is 0 Å². The summed E-state index contributed by atoms with van der Waals surface area (Å²) in [5.74, 6) is 1.03. The van der Waals surface area contributed by atoms with E-state index in [1.807, 2.05) is 47.0 Å². The van der Waals surface area contributed by atoms with E-state index in [9.17, 15) is 9.59 Å². The molecule has 0 spiro atoms. The highest BCUT2D eigenvalue weighted by atomic mass is 16.5. The van der Waals surface area contributed by atoms with E-state index in [0.29, 0.717) is 48.8 Å². The Bertz CT molecular complexity index is 1100. The first kappa shape index (κ1) is 19.8. The average molecular weight is 407 g/mol. The molecule has 1 saturated heterocycles. The van der Waals surface area contributed by atoms with E-state index in [1.165, 1.54) is 0 Å². The number of carbonyl (C=O) groups excluding carboxylic acids is 2. The van der Waals surface area contributed by atoms with E-state index in [2.05, 4.69) is 0 Å². The fourth-order valence-electron chi connectivity index (χ4n) is 3.95. The van der Waals surface area contributed by atoms with Crippen molar-refractivity contribution in [3.05, 3.63) is 59.8 Å². The molecule has 2 amide bonds. The first-order chi connectivity index (χ1) is 14.5. The Morgan fingerprint density at radius 1 is 0.833 bits per heavy atom. The van der Waals surface area contributed by atoms with Crippen molar-refractivity contribution in [2.45, 2.75) is 0 Å². The molecule has 1 aliphatic rings. The van der Waals surface area contributed by atoms with E-state index in [4.69, 9.17) is 9.47 Å². The molecule has 0 unspecified atom stereocenters. The van der Waals surface area contributed by atoms with Gasteiger partial charge in [0.25, 0.3) is 11.8 Å². The van der Waals surface area contributed by atoms with Gasteiger partial charge in [-0.25, -0.2) is 0 Å². The van der Waals surface area contributed by atoms with E-state index in [-0.39, 0.29) is 11.8 Å². The zero-order valence-corrected chi connectivity index (χ0v) is 17.4. The molecule has 1 aliphatic heterocycles. The van der Waals surface area contributed by atoms with Gasteiger partial charge in [0.15, 0.2) is 11.5 Å². The highest BCUT2D eigenvalue weighted by Crippen LogP contribution is 2.28. The van der Waals surface area contributed by atoms with Crippen molar-refractivity contribution in [3.8, 4) is 11.5 Å². The third-order valence-corrected chi connectivity index (χ3v) is 5.61. The van der Waals surface area contributed by atoms with Crippen molar-refractivity contribution in [2.24, 2.45) is 7.05 Å². The number of aromatic nitrogens is 1. The fraction of sp³-hybridized carbons (Fsp3) is 0.304. The first-order valence-electron chi connectivity index (χ1n) is 9.88. The third kappa shape index (κ3) is 3.47. The number of carbonyl (C=O) groups is 2. The summed E-state index contributed by atoms with van der Waals surface area (Å²) in [6.45, 7) is 1.98. The van der Waals surface area contributed by atoms with Crippen LogP contribution < -0.4 is 9.47 Å². The molecule has 2 heterocycles. The maximum atomic E-state index is 13.1. The van der Waals surface area contributed by atoms with E-state index < -0.39 is 0 Å². The molecule has 1 fully saturated rings. The van der Waals surface area contributed by atoms with Crippen LogP contribution >= 0.6 is 0 Å². The SMILES string of the molecule is COc1ccc(C(=O)N2CCN(C(=O)c3cn(C)c4ccccc34)CC2)cc1OC. The Morgan fingerprint density at radius 3 is 2.13 bits per heavy atom. The smallest absolute Gasteiger partial charge is 0.256 e. The molecule has 0 N–H and O–H groups in total. The summed E-state index contributed by atoms with van der Waals surface area (Å²) in [5.41, 5.74) is 2.28. The third-order valence-electron chi connectivity index (χ3n) is 5.61. The van der Waals surface area contributed by atoms with Crippen LogP contribution in [-0.2, 0) is 7.05 Å². The van der Waals surface area contributed by atoms with Crippen molar-refractivity contribution in [1.82, 2.24) is 14.4 Å². The highest BCUT2D eigenvalue weighted by Gasteiger charge is 2.27. The molecular formula is C23H25N3O4. The zero-order chi connectivity index (χ0) is 21.3. The molecule has 7 nitrogen and oxygen atoms in total. The largest absolute Gasteiger partial charge is 0.493 e. The van der Waals surface area contributed by atoms with Gasteiger partial charge in [0.2, 0.25) is 0 Å². The number of nitrogens with zero attached hydrogens (tertiary/aromatic N) is 3. The number of methoxy groups -OCH3 is 2. The van der Waals surface area contributed by atoms with Crippen LogP contribution in [0.1, 0.15) is 20.7 Å². The van der Waals surface area contributed by atoms with Crippen LogP contribution in [0.5, 0.6) is 11.5 Å². The van der Waals surface area contributed by atoms with E-state index in [1.54, 1.807) is 37.3 Å². The topological polar surface area (TPSA) is 64.0 Å². The van der Waals surface area contributed by atoms with Crippen LogP contribution in [0.4, 0.5) is 0 Å². The second-order valence-corrected chi connectivity index (χ2v) is 7.32. The van der Waals surface area contributed by atoms with Crippen LogP contribution in [0.3, 0.4) is 0 Å². The molecule has 0 aliphatic carbocycles. The zero-order valence-electron chi connectivity index (χ0n) is 17.4. The normalized spacial score (nSPS) is 14.1. The Hall–Kier alpha value is -3.48. The first-order valence-corrected chi connectivity index (χ1v) is 9.88. The lowest BCUT2D eigenvalue weighted by Crippen LogP contribution is -2.50. The number of aryl methyl sites for hydroxylation is 1. The molecule has 4 rings (SSSR count). The monoisotopic (exact) mass is 407 g/mol.